The normalized spacial score (nSPS) is 23.4. The molecule has 2 aromatic carbocycles. The predicted molar refractivity (Wildman–Crippen MR) is 128 cm³/mol. The van der Waals surface area contributed by atoms with E-state index >= 15 is 0 Å². The number of nitrogens with zero attached hydrogens (tertiary/aromatic N) is 2. The van der Waals surface area contributed by atoms with E-state index in [0.717, 1.165) is 24.5 Å². The first kappa shape index (κ1) is 24.7. The van der Waals surface area contributed by atoms with Crippen LogP contribution >= 0.6 is 0 Å². The summed E-state index contributed by atoms with van der Waals surface area (Å²) in [6.07, 6.45) is 1.28. The number of aliphatic hydroxyl groups is 2. The van der Waals surface area contributed by atoms with Crippen LogP contribution < -0.4 is 14.4 Å². The monoisotopic (exact) mass is 474 g/mol. The van der Waals surface area contributed by atoms with Gasteiger partial charge in [0.25, 0.3) is 0 Å². The van der Waals surface area contributed by atoms with E-state index in [0.29, 0.717) is 50.4 Å². The van der Waals surface area contributed by atoms with Crippen molar-refractivity contribution in [3.63, 3.8) is 0 Å². The zero-order valence-corrected chi connectivity index (χ0v) is 20.0. The molecule has 0 aliphatic carbocycles. The number of hydrogen-bond donors (Lipinski definition) is 2. The van der Waals surface area contributed by atoms with Crippen LogP contribution in [-0.2, 0) is 4.74 Å². The molecule has 2 aliphatic heterocycles. The lowest BCUT2D eigenvalue weighted by Crippen LogP contribution is -2.55. The van der Waals surface area contributed by atoms with Crippen LogP contribution in [0.1, 0.15) is 18.4 Å². The fraction of sp³-hybridized carbons (Fsp3) is 0.538. The number of benzene rings is 2. The number of aryl methyl sites for hydroxylation is 1. The molecule has 0 unspecified atom stereocenters. The SMILES string of the molecule is COc1ccc(N2CCC(O)(CN3CCOC[C@](O)(COc4ccc(F)c(C)c4)C3)CC2)cc1. The Morgan fingerprint density at radius 2 is 1.71 bits per heavy atom. The summed E-state index contributed by atoms with van der Waals surface area (Å²) < 4.78 is 30.2. The van der Waals surface area contributed by atoms with Gasteiger partial charge < -0.3 is 29.3 Å². The van der Waals surface area contributed by atoms with Crippen molar-refractivity contribution in [1.82, 2.24) is 4.90 Å². The van der Waals surface area contributed by atoms with Crippen molar-refractivity contribution in [2.24, 2.45) is 0 Å². The van der Waals surface area contributed by atoms with E-state index in [1.54, 1.807) is 26.2 Å². The summed E-state index contributed by atoms with van der Waals surface area (Å²) in [6, 6.07) is 12.5. The van der Waals surface area contributed by atoms with Crippen molar-refractivity contribution < 1.29 is 28.8 Å². The van der Waals surface area contributed by atoms with Crippen LogP contribution in [0.25, 0.3) is 0 Å². The Morgan fingerprint density at radius 3 is 2.38 bits per heavy atom. The molecule has 2 heterocycles. The Hall–Kier alpha value is -2.39. The molecule has 186 valence electrons. The topological polar surface area (TPSA) is 74.6 Å². The van der Waals surface area contributed by atoms with Gasteiger partial charge in [-0.05, 0) is 67.8 Å². The molecule has 1 atom stereocenters. The van der Waals surface area contributed by atoms with E-state index in [2.05, 4.69) is 9.80 Å². The van der Waals surface area contributed by atoms with Crippen LogP contribution in [0.5, 0.6) is 11.5 Å². The minimum absolute atomic E-state index is 0.0260. The van der Waals surface area contributed by atoms with Gasteiger partial charge in [0.05, 0.1) is 25.9 Å². The summed E-state index contributed by atoms with van der Waals surface area (Å²) in [5.41, 5.74) is -0.442. The summed E-state index contributed by atoms with van der Waals surface area (Å²) in [4.78, 5) is 4.34. The van der Waals surface area contributed by atoms with Crippen molar-refractivity contribution in [2.45, 2.75) is 31.0 Å². The molecular weight excluding hydrogens is 439 g/mol. The summed E-state index contributed by atoms with van der Waals surface area (Å²) in [5, 5.41) is 22.5. The number of methoxy groups -OCH3 is 1. The van der Waals surface area contributed by atoms with Gasteiger partial charge in [-0.1, -0.05) is 0 Å². The van der Waals surface area contributed by atoms with Crippen molar-refractivity contribution in [2.75, 3.05) is 64.6 Å². The molecular formula is C26H35FN2O5. The van der Waals surface area contributed by atoms with Gasteiger partial charge >= 0.3 is 0 Å². The number of piperidine rings is 1. The highest BCUT2D eigenvalue weighted by molar-refractivity contribution is 5.49. The second kappa shape index (κ2) is 10.5. The average molecular weight is 475 g/mol. The summed E-state index contributed by atoms with van der Waals surface area (Å²) in [5.74, 6) is 1.04. The van der Waals surface area contributed by atoms with Gasteiger partial charge in [0.1, 0.15) is 29.5 Å². The molecule has 34 heavy (non-hydrogen) atoms. The minimum Gasteiger partial charge on any atom is -0.497 e. The van der Waals surface area contributed by atoms with Gasteiger partial charge in [0.15, 0.2) is 0 Å². The Balaban J connectivity index is 1.32. The summed E-state index contributed by atoms with van der Waals surface area (Å²) in [7, 11) is 1.65. The Kier molecular flexibility index (Phi) is 7.62. The van der Waals surface area contributed by atoms with E-state index in [1.807, 2.05) is 24.3 Å². The van der Waals surface area contributed by atoms with Crippen molar-refractivity contribution >= 4 is 5.69 Å². The molecule has 2 aromatic rings. The Morgan fingerprint density at radius 1 is 1.00 bits per heavy atom. The third kappa shape index (κ3) is 6.18. The molecule has 2 saturated heterocycles. The molecule has 0 spiro atoms. The highest BCUT2D eigenvalue weighted by atomic mass is 19.1. The maximum Gasteiger partial charge on any atom is 0.134 e. The average Bonchev–Trinajstić information content (AvgIpc) is 3.01. The molecule has 0 aromatic heterocycles. The lowest BCUT2D eigenvalue weighted by atomic mass is 9.90. The molecule has 2 aliphatic rings. The fourth-order valence-corrected chi connectivity index (χ4v) is 4.69. The van der Waals surface area contributed by atoms with E-state index in [9.17, 15) is 14.6 Å². The Bertz CT molecular complexity index is 949. The van der Waals surface area contributed by atoms with Gasteiger partial charge in [0.2, 0.25) is 0 Å². The van der Waals surface area contributed by atoms with Crippen LogP contribution in [0.2, 0.25) is 0 Å². The van der Waals surface area contributed by atoms with Crippen LogP contribution in [0.3, 0.4) is 0 Å². The number of halogens is 1. The predicted octanol–water partition coefficient (Wildman–Crippen LogP) is 2.62. The van der Waals surface area contributed by atoms with E-state index in [4.69, 9.17) is 14.2 Å². The molecule has 7 nitrogen and oxygen atoms in total. The van der Waals surface area contributed by atoms with Crippen molar-refractivity contribution in [3.8, 4) is 11.5 Å². The van der Waals surface area contributed by atoms with E-state index in [1.165, 1.54) is 6.07 Å². The fourth-order valence-electron chi connectivity index (χ4n) is 4.69. The molecule has 0 bridgehead atoms. The Labute approximate surface area is 200 Å². The smallest absolute Gasteiger partial charge is 0.134 e. The maximum absolute atomic E-state index is 13.5. The minimum atomic E-state index is -1.22. The van der Waals surface area contributed by atoms with Gasteiger partial charge in [-0.15, -0.1) is 0 Å². The molecule has 0 saturated carbocycles. The quantitative estimate of drug-likeness (QED) is 0.639. The zero-order chi connectivity index (χ0) is 24.2. The standard InChI is InChI=1S/C26H35FN2O5/c1-20-15-23(7-8-24(20)27)34-19-26(31)17-28(13-14-33-18-26)16-25(30)9-11-29(12-10-25)21-3-5-22(32-2)6-4-21/h3-8,15,30-31H,9-14,16-19H2,1-2H3/t26-/m0/s1. The van der Waals surface area contributed by atoms with Crippen LogP contribution in [-0.4, -0.2) is 86.0 Å². The number of ether oxygens (including phenoxy) is 3. The molecule has 8 heteroatoms. The van der Waals surface area contributed by atoms with Gasteiger partial charge in [-0.25, -0.2) is 4.39 Å². The number of rotatable bonds is 7. The molecule has 0 radical (unpaired) electrons. The molecule has 2 fully saturated rings. The van der Waals surface area contributed by atoms with Gasteiger partial charge in [-0.2, -0.15) is 0 Å². The van der Waals surface area contributed by atoms with Crippen LogP contribution in [0.15, 0.2) is 42.5 Å². The number of hydrogen-bond acceptors (Lipinski definition) is 7. The first-order valence-electron chi connectivity index (χ1n) is 11.8. The lowest BCUT2D eigenvalue weighted by molar-refractivity contribution is -0.0742. The second-order valence-corrected chi connectivity index (χ2v) is 9.60. The maximum atomic E-state index is 13.5. The summed E-state index contributed by atoms with van der Waals surface area (Å²) in [6.45, 7) is 5.26. The van der Waals surface area contributed by atoms with Gasteiger partial charge in [0, 0.05) is 38.4 Å². The first-order chi connectivity index (χ1) is 16.3. The van der Waals surface area contributed by atoms with Crippen molar-refractivity contribution in [3.05, 3.63) is 53.8 Å². The molecule has 0 amide bonds. The molecule has 2 N–H and O–H groups in total. The summed E-state index contributed by atoms with van der Waals surface area (Å²) >= 11 is 0. The number of β-amino-alcohol motifs (C(OH)–C–C–N with tert-alkyl or cyclic N) is 2. The van der Waals surface area contributed by atoms with Gasteiger partial charge in [-0.3, -0.25) is 4.90 Å². The zero-order valence-electron chi connectivity index (χ0n) is 20.0. The second-order valence-electron chi connectivity index (χ2n) is 9.60. The van der Waals surface area contributed by atoms with Crippen LogP contribution in [0.4, 0.5) is 10.1 Å². The first-order valence-corrected chi connectivity index (χ1v) is 11.8. The third-order valence-electron chi connectivity index (χ3n) is 6.73. The van der Waals surface area contributed by atoms with Crippen LogP contribution in [0, 0.1) is 12.7 Å². The third-order valence-corrected chi connectivity index (χ3v) is 6.73. The van der Waals surface area contributed by atoms with Crippen molar-refractivity contribution in [1.29, 1.82) is 0 Å². The highest BCUT2D eigenvalue weighted by Gasteiger charge is 2.39. The molecule has 4 rings (SSSR count). The van der Waals surface area contributed by atoms with E-state index in [-0.39, 0.29) is 19.0 Å². The lowest BCUT2D eigenvalue weighted by Gasteiger charge is -2.42. The largest absolute Gasteiger partial charge is 0.497 e. The van der Waals surface area contributed by atoms with E-state index < -0.39 is 11.2 Å². The number of anilines is 1. The highest BCUT2D eigenvalue weighted by Crippen LogP contribution is 2.29.